The van der Waals surface area contributed by atoms with Crippen LogP contribution in [0.15, 0.2) is 12.4 Å². The predicted molar refractivity (Wildman–Crippen MR) is 65.5 cm³/mol. The molecule has 92 valence electrons. The maximum atomic E-state index is 12.0. The van der Waals surface area contributed by atoms with Gasteiger partial charge in [-0.15, -0.1) is 0 Å². The molecule has 0 aromatic carbocycles. The quantitative estimate of drug-likeness (QED) is 0.787. The van der Waals surface area contributed by atoms with Gasteiger partial charge in [0.05, 0.1) is 18.1 Å². The van der Waals surface area contributed by atoms with Crippen LogP contribution in [0.1, 0.15) is 12.8 Å². The fraction of sp³-hybridized carbons (Fsp3) is 0.545. The van der Waals surface area contributed by atoms with Gasteiger partial charge in [0.25, 0.3) is 0 Å². The van der Waals surface area contributed by atoms with Crippen molar-refractivity contribution in [1.29, 1.82) is 0 Å². The van der Waals surface area contributed by atoms with Gasteiger partial charge in [-0.3, -0.25) is 4.79 Å². The Bertz CT molecular complexity index is 403. The molecule has 17 heavy (non-hydrogen) atoms. The highest BCUT2D eigenvalue weighted by atomic mass is 16.2. The smallest absolute Gasteiger partial charge is 0.244 e. The normalized spacial score (nSPS) is 19.4. The van der Waals surface area contributed by atoms with E-state index in [1.54, 1.807) is 31.4 Å². The number of amides is 1. The van der Waals surface area contributed by atoms with E-state index >= 15 is 0 Å². The number of aromatic nitrogens is 2. The summed E-state index contributed by atoms with van der Waals surface area (Å²) in [5.74, 6) is 0.680. The van der Waals surface area contributed by atoms with E-state index in [1.807, 2.05) is 4.90 Å². The summed E-state index contributed by atoms with van der Waals surface area (Å²) in [5.41, 5.74) is 6.08. The molecule has 2 rings (SSSR count). The number of hydrogen-bond donors (Lipinski definition) is 1. The van der Waals surface area contributed by atoms with Crippen molar-refractivity contribution < 1.29 is 4.79 Å². The molecule has 1 aliphatic rings. The van der Waals surface area contributed by atoms with Crippen molar-refractivity contribution in [3.8, 4) is 0 Å². The first-order chi connectivity index (χ1) is 8.09. The summed E-state index contributed by atoms with van der Waals surface area (Å²) in [6, 6.07) is -0.145. The van der Waals surface area contributed by atoms with E-state index in [9.17, 15) is 4.79 Å². The maximum Gasteiger partial charge on any atom is 0.244 e. The number of likely N-dealkylation sites (N-methyl/N-ethyl adjacent to an activating group) is 1. The van der Waals surface area contributed by atoms with E-state index in [1.165, 1.54) is 0 Å². The molecule has 0 saturated carbocycles. The first-order valence-electron chi connectivity index (χ1n) is 5.65. The zero-order valence-electron chi connectivity index (χ0n) is 10.1. The second-order valence-electron chi connectivity index (χ2n) is 4.40. The number of carbonyl (C=O) groups is 1. The third-order valence-electron chi connectivity index (χ3n) is 2.89. The van der Waals surface area contributed by atoms with E-state index in [2.05, 4.69) is 9.97 Å². The molecule has 6 heteroatoms. The van der Waals surface area contributed by atoms with Gasteiger partial charge in [0.1, 0.15) is 6.04 Å². The van der Waals surface area contributed by atoms with Crippen LogP contribution in [0.4, 0.5) is 11.6 Å². The summed E-state index contributed by atoms with van der Waals surface area (Å²) in [7, 11) is 3.53. The summed E-state index contributed by atoms with van der Waals surface area (Å²) in [4.78, 5) is 23.9. The lowest BCUT2D eigenvalue weighted by atomic mass is 10.2. The Kier molecular flexibility index (Phi) is 3.12. The molecule has 2 N–H and O–H groups in total. The standard InChI is InChI=1S/C11H17N5O/c1-15(2)10(17)9-4-3-5-16(9)11-13-6-8(12)7-14-11/h6-7,9H,3-5,12H2,1-2H3. The average Bonchev–Trinajstić information content (AvgIpc) is 2.77. The van der Waals surface area contributed by atoms with Gasteiger partial charge in [0.15, 0.2) is 0 Å². The lowest BCUT2D eigenvalue weighted by molar-refractivity contribution is -0.129. The van der Waals surface area contributed by atoms with Crippen LogP contribution in [0.3, 0.4) is 0 Å². The average molecular weight is 235 g/mol. The Labute approximate surface area is 100 Å². The number of carbonyl (C=O) groups excluding carboxylic acids is 1. The molecule has 1 amide bonds. The molecule has 2 heterocycles. The van der Waals surface area contributed by atoms with Crippen LogP contribution in [0.25, 0.3) is 0 Å². The Balaban J connectivity index is 2.20. The Hall–Kier alpha value is -1.85. The lowest BCUT2D eigenvalue weighted by Gasteiger charge is -2.25. The number of rotatable bonds is 2. The molecule has 0 spiro atoms. The van der Waals surface area contributed by atoms with Crippen molar-refractivity contribution >= 4 is 17.5 Å². The van der Waals surface area contributed by atoms with Crippen LogP contribution in [0, 0.1) is 0 Å². The topological polar surface area (TPSA) is 75.4 Å². The fourth-order valence-corrected chi connectivity index (χ4v) is 2.04. The second-order valence-corrected chi connectivity index (χ2v) is 4.40. The van der Waals surface area contributed by atoms with E-state index in [-0.39, 0.29) is 11.9 Å². The van der Waals surface area contributed by atoms with Gasteiger partial charge in [-0.1, -0.05) is 0 Å². The van der Waals surface area contributed by atoms with Crippen LogP contribution in [-0.2, 0) is 4.79 Å². The largest absolute Gasteiger partial charge is 0.396 e. The third kappa shape index (κ3) is 2.30. The summed E-state index contributed by atoms with van der Waals surface area (Å²) in [6.07, 6.45) is 4.97. The zero-order valence-corrected chi connectivity index (χ0v) is 10.1. The van der Waals surface area contributed by atoms with Crippen molar-refractivity contribution in [3.05, 3.63) is 12.4 Å². The summed E-state index contributed by atoms with van der Waals surface area (Å²) in [5, 5.41) is 0. The van der Waals surface area contributed by atoms with Gasteiger partial charge in [-0.2, -0.15) is 0 Å². The van der Waals surface area contributed by atoms with E-state index in [0.717, 1.165) is 19.4 Å². The fourth-order valence-electron chi connectivity index (χ4n) is 2.04. The molecular weight excluding hydrogens is 218 g/mol. The van der Waals surface area contributed by atoms with Crippen molar-refractivity contribution in [3.63, 3.8) is 0 Å². The van der Waals surface area contributed by atoms with Gasteiger partial charge in [-0.25, -0.2) is 9.97 Å². The van der Waals surface area contributed by atoms with Crippen LogP contribution in [0.2, 0.25) is 0 Å². The van der Waals surface area contributed by atoms with Gasteiger partial charge in [-0.05, 0) is 12.8 Å². The molecule has 1 aromatic heterocycles. The monoisotopic (exact) mass is 235 g/mol. The minimum Gasteiger partial charge on any atom is -0.396 e. The molecule has 1 unspecified atom stereocenters. The zero-order chi connectivity index (χ0) is 12.4. The number of nitrogen functional groups attached to an aromatic ring is 1. The molecule has 6 nitrogen and oxygen atoms in total. The molecule has 1 atom stereocenters. The van der Waals surface area contributed by atoms with Gasteiger partial charge < -0.3 is 15.5 Å². The number of hydrogen-bond acceptors (Lipinski definition) is 5. The second kappa shape index (κ2) is 4.57. The SMILES string of the molecule is CN(C)C(=O)C1CCCN1c1ncc(N)cn1. The first kappa shape index (κ1) is 11.6. The number of nitrogens with zero attached hydrogens (tertiary/aromatic N) is 4. The van der Waals surface area contributed by atoms with Crippen molar-refractivity contribution in [2.75, 3.05) is 31.3 Å². The Morgan fingerprint density at radius 1 is 1.47 bits per heavy atom. The lowest BCUT2D eigenvalue weighted by Crippen LogP contribution is -2.43. The number of anilines is 2. The van der Waals surface area contributed by atoms with Gasteiger partial charge >= 0.3 is 0 Å². The maximum absolute atomic E-state index is 12.0. The van der Waals surface area contributed by atoms with E-state index in [4.69, 9.17) is 5.73 Å². The third-order valence-corrected chi connectivity index (χ3v) is 2.89. The van der Waals surface area contributed by atoms with Crippen LogP contribution < -0.4 is 10.6 Å². The molecule has 0 aliphatic carbocycles. The molecule has 0 radical (unpaired) electrons. The highest BCUT2D eigenvalue weighted by Gasteiger charge is 2.33. The van der Waals surface area contributed by atoms with E-state index < -0.39 is 0 Å². The highest BCUT2D eigenvalue weighted by Crippen LogP contribution is 2.23. The summed E-state index contributed by atoms with van der Waals surface area (Å²) < 4.78 is 0. The summed E-state index contributed by atoms with van der Waals surface area (Å²) in [6.45, 7) is 0.814. The van der Waals surface area contributed by atoms with Gasteiger partial charge in [0.2, 0.25) is 11.9 Å². The van der Waals surface area contributed by atoms with E-state index in [0.29, 0.717) is 11.6 Å². The van der Waals surface area contributed by atoms with Crippen LogP contribution in [0.5, 0.6) is 0 Å². The minimum atomic E-state index is -0.145. The van der Waals surface area contributed by atoms with Crippen molar-refractivity contribution in [2.24, 2.45) is 0 Å². The van der Waals surface area contributed by atoms with Gasteiger partial charge in [0, 0.05) is 20.6 Å². The summed E-state index contributed by atoms with van der Waals surface area (Å²) >= 11 is 0. The highest BCUT2D eigenvalue weighted by molar-refractivity contribution is 5.84. The number of nitrogens with two attached hydrogens (primary N) is 1. The van der Waals surface area contributed by atoms with Crippen LogP contribution >= 0.6 is 0 Å². The Morgan fingerprint density at radius 2 is 2.12 bits per heavy atom. The van der Waals surface area contributed by atoms with Crippen molar-refractivity contribution in [1.82, 2.24) is 14.9 Å². The molecule has 1 fully saturated rings. The Morgan fingerprint density at radius 3 is 2.71 bits per heavy atom. The predicted octanol–water partition coefficient (Wildman–Crippen LogP) is 0.116. The molecule has 1 aromatic rings. The van der Waals surface area contributed by atoms with Crippen molar-refractivity contribution in [2.45, 2.75) is 18.9 Å². The first-order valence-corrected chi connectivity index (χ1v) is 5.65. The molecule has 0 bridgehead atoms. The molecule has 1 saturated heterocycles. The molecular formula is C11H17N5O. The minimum absolute atomic E-state index is 0.0999. The molecule has 1 aliphatic heterocycles. The van der Waals surface area contributed by atoms with Crippen LogP contribution in [-0.4, -0.2) is 47.5 Å².